The third kappa shape index (κ3) is 6.28. The molecule has 5 heteroatoms. The molecule has 0 radical (unpaired) electrons. The molecule has 0 aliphatic carbocycles. The van der Waals surface area contributed by atoms with E-state index in [1.165, 1.54) is 12.5 Å². The Labute approximate surface area is 163 Å². The predicted octanol–water partition coefficient (Wildman–Crippen LogP) is 3.13. The first-order chi connectivity index (χ1) is 13.0. The minimum atomic E-state index is -0.194. The van der Waals surface area contributed by atoms with Crippen molar-refractivity contribution in [2.24, 2.45) is 17.8 Å². The van der Waals surface area contributed by atoms with E-state index in [4.69, 9.17) is 0 Å². The van der Waals surface area contributed by atoms with E-state index in [2.05, 4.69) is 29.0 Å². The molecule has 2 fully saturated rings. The highest BCUT2D eigenvalue weighted by Crippen LogP contribution is 2.21. The lowest BCUT2D eigenvalue weighted by Gasteiger charge is -2.35. The van der Waals surface area contributed by atoms with Crippen molar-refractivity contribution >= 4 is 5.91 Å². The normalized spacial score (nSPS) is 27.4. The lowest BCUT2D eigenvalue weighted by atomic mass is 9.92. The van der Waals surface area contributed by atoms with Gasteiger partial charge in [-0.15, -0.1) is 0 Å². The number of amides is 1. The van der Waals surface area contributed by atoms with Gasteiger partial charge in [0.2, 0.25) is 5.91 Å². The first-order valence-electron chi connectivity index (χ1n) is 10.5. The summed E-state index contributed by atoms with van der Waals surface area (Å²) in [6.45, 7) is 11.1. The van der Waals surface area contributed by atoms with Crippen LogP contribution in [0.1, 0.15) is 38.7 Å². The Morgan fingerprint density at radius 3 is 2.70 bits per heavy atom. The summed E-state index contributed by atoms with van der Waals surface area (Å²) < 4.78 is 13.4. The van der Waals surface area contributed by atoms with Gasteiger partial charge < -0.3 is 10.2 Å². The number of halogens is 1. The number of piperidine rings is 2. The van der Waals surface area contributed by atoms with Crippen molar-refractivity contribution in [3.8, 4) is 0 Å². The van der Waals surface area contributed by atoms with Gasteiger partial charge in [0.25, 0.3) is 0 Å². The molecule has 1 aromatic rings. The van der Waals surface area contributed by atoms with Crippen molar-refractivity contribution in [1.29, 1.82) is 0 Å². The van der Waals surface area contributed by atoms with Crippen LogP contribution in [0.25, 0.3) is 0 Å². The second-order valence-electron chi connectivity index (χ2n) is 8.70. The van der Waals surface area contributed by atoms with E-state index in [0.717, 1.165) is 69.5 Å². The van der Waals surface area contributed by atoms with E-state index in [-0.39, 0.29) is 17.6 Å². The molecule has 3 atom stereocenters. The molecule has 0 bridgehead atoms. The van der Waals surface area contributed by atoms with Crippen molar-refractivity contribution in [2.75, 3.05) is 39.3 Å². The minimum absolute atomic E-state index is 0.0477. The molecule has 1 aromatic carbocycles. The van der Waals surface area contributed by atoms with Crippen LogP contribution in [0.4, 0.5) is 4.39 Å². The highest BCUT2D eigenvalue weighted by Gasteiger charge is 2.26. The Morgan fingerprint density at radius 2 is 1.96 bits per heavy atom. The van der Waals surface area contributed by atoms with E-state index >= 15 is 0 Å². The van der Waals surface area contributed by atoms with Crippen LogP contribution >= 0.6 is 0 Å². The molecule has 27 heavy (non-hydrogen) atoms. The minimum Gasteiger partial charge on any atom is -0.355 e. The highest BCUT2D eigenvalue weighted by atomic mass is 19.1. The number of carbonyl (C=O) groups is 1. The van der Waals surface area contributed by atoms with Gasteiger partial charge in [-0.3, -0.25) is 9.69 Å². The maximum atomic E-state index is 13.4. The molecule has 2 saturated heterocycles. The molecule has 1 amide bonds. The summed E-state index contributed by atoms with van der Waals surface area (Å²) in [6, 6.07) is 6.76. The largest absolute Gasteiger partial charge is 0.355 e. The van der Waals surface area contributed by atoms with Crippen LogP contribution in [-0.2, 0) is 11.3 Å². The molecule has 0 saturated carbocycles. The quantitative estimate of drug-likeness (QED) is 0.830. The van der Waals surface area contributed by atoms with Crippen molar-refractivity contribution in [3.05, 3.63) is 35.6 Å². The Bertz CT molecular complexity index is 613. The van der Waals surface area contributed by atoms with Gasteiger partial charge in [0.1, 0.15) is 5.82 Å². The lowest BCUT2D eigenvalue weighted by molar-refractivity contribution is -0.126. The first kappa shape index (κ1) is 20.3. The summed E-state index contributed by atoms with van der Waals surface area (Å²) in [7, 11) is 0. The molecule has 1 N–H and O–H groups in total. The fraction of sp³-hybridized carbons (Fsp3) is 0.682. The molecule has 3 rings (SSSR count). The van der Waals surface area contributed by atoms with Gasteiger partial charge in [-0.05, 0) is 55.3 Å². The lowest BCUT2D eigenvalue weighted by Crippen LogP contribution is -2.46. The number of benzene rings is 1. The summed E-state index contributed by atoms with van der Waals surface area (Å²) in [5.74, 6) is 1.53. The van der Waals surface area contributed by atoms with Gasteiger partial charge in [-0.1, -0.05) is 26.0 Å². The van der Waals surface area contributed by atoms with Gasteiger partial charge in [-0.25, -0.2) is 4.39 Å². The van der Waals surface area contributed by atoms with Crippen molar-refractivity contribution < 1.29 is 9.18 Å². The fourth-order valence-electron chi connectivity index (χ4n) is 4.76. The molecule has 2 heterocycles. The van der Waals surface area contributed by atoms with E-state index < -0.39 is 0 Å². The maximum absolute atomic E-state index is 13.4. The van der Waals surface area contributed by atoms with E-state index in [1.54, 1.807) is 12.1 Å². The summed E-state index contributed by atoms with van der Waals surface area (Å²) in [4.78, 5) is 17.4. The monoisotopic (exact) mass is 375 g/mol. The fourth-order valence-corrected chi connectivity index (χ4v) is 4.76. The van der Waals surface area contributed by atoms with Crippen molar-refractivity contribution in [2.45, 2.75) is 39.7 Å². The zero-order valence-electron chi connectivity index (χ0n) is 16.8. The SMILES string of the molecule is CC1CC(C)CN(CCNC(=O)C2CCCN(Cc3cccc(F)c3)C2)C1. The van der Waals surface area contributed by atoms with E-state index in [9.17, 15) is 9.18 Å². The Kier molecular flexibility index (Phi) is 7.25. The van der Waals surface area contributed by atoms with Crippen LogP contribution in [0.5, 0.6) is 0 Å². The molecular formula is C22H34FN3O. The number of hydrogen-bond acceptors (Lipinski definition) is 3. The zero-order chi connectivity index (χ0) is 19.2. The maximum Gasteiger partial charge on any atom is 0.224 e. The summed E-state index contributed by atoms with van der Waals surface area (Å²) in [5, 5.41) is 3.16. The van der Waals surface area contributed by atoms with E-state index in [1.807, 2.05) is 6.07 Å². The number of rotatable bonds is 6. The number of carbonyl (C=O) groups excluding carboxylic acids is 1. The van der Waals surface area contributed by atoms with Crippen molar-refractivity contribution in [1.82, 2.24) is 15.1 Å². The molecule has 0 aromatic heterocycles. The van der Waals surface area contributed by atoms with Gasteiger partial charge >= 0.3 is 0 Å². The van der Waals surface area contributed by atoms with Crippen LogP contribution in [-0.4, -0.2) is 55.0 Å². The number of hydrogen-bond donors (Lipinski definition) is 1. The average Bonchev–Trinajstić information content (AvgIpc) is 2.61. The number of nitrogens with zero attached hydrogens (tertiary/aromatic N) is 2. The van der Waals surface area contributed by atoms with Crippen LogP contribution in [0.2, 0.25) is 0 Å². The Morgan fingerprint density at radius 1 is 1.19 bits per heavy atom. The average molecular weight is 376 g/mol. The van der Waals surface area contributed by atoms with Crippen LogP contribution < -0.4 is 5.32 Å². The summed E-state index contributed by atoms with van der Waals surface area (Å²) in [6.07, 6.45) is 3.28. The van der Waals surface area contributed by atoms with Crippen LogP contribution in [0.3, 0.4) is 0 Å². The summed E-state index contributed by atoms with van der Waals surface area (Å²) in [5.41, 5.74) is 0.976. The number of likely N-dealkylation sites (tertiary alicyclic amines) is 2. The predicted molar refractivity (Wildman–Crippen MR) is 107 cm³/mol. The molecule has 0 spiro atoms. The summed E-state index contributed by atoms with van der Waals surface area (Å²) >= 11 is 0. The van der Waals surface area contributed by atoms with Gasteiger partial charge in [0.15, 0.2) is 0 Å². The molecular weight excluding hydrogens is 341 g/mol. The standard InChI is InChI=1S/C22H34FN3O/c1-17-11-18(2)14-26(13-17)10-8-24-22(27)20-6-4-9-25(16-20)15-19-5-3-7-21(23)12-19/h3,5,7,12,17-18,20H,4,6,8-11,13-16H2,1-2H3,(H,24,27). The van der Waals surface area contributed by atoms with Gasteiger partial charge in [-0.2, -0.15) is 0 Å². The Hall–Kier alpha value is -1.46. The second kappa shape index (κ2) is 9.65. The third-order valence-electron chi connectivity index (χ3n) is 5.84. The Balaban J connectivity index is 1.41. The molecule has 2 aliphatic heterocycles. The number of nitrogens with one attached hydrogen (secondary N) is 1. The zero-order valence-corrected chi connectivity index (χ0v) is 16.8. The second-order valence-corrected chi connectivity index (χ2v) is 8.70. The third-order valence-corrected chi connectivity index (χ3v) is 5.84. The smallest absolute Gasteiger partial charge is 0.224 e. The van der Waals surface area contributed by atoms with Gasteiger partial charge in [0.05, 0.1) is 5.92 Å². The first-order valence-corrected chi connectivity index (χ1v) is 10.5. The molecule has 4 nitrogen and oxygen atoms in total. The van der Waals surface area contributed by atoms with Crippen LogP contribution in [0, 0.1) is 23.6 Å². The molecule has 150 valence electrons. The highest BCUT2D eigenvalue weighted by molar-refractivity contribution is 5.78. The molecule has 3 unspecified atom stereocenters. The molecule has 2 aliphatic rings. The van der Waals surface area contributed by atoms with E-state index in [0.29, 0.717) is 6.54 Å². The topological polar surface area (TPSA) is 35.6 Å². The van der Waals surface area contributed by atoms with Crippen molar-refractivity contribution in [3.63, 3.8) is 0 Å². The van der Waals surface area contributed by atoms with Crippen LogP contribution in [0.15, 0.2) is 24.3 Å². The van der Waals surface area contributed by atoms with Gasteiger partial charge in [0, 0.05) is 39.3 Å².